The van der Waals surface area contributed by atoms with E-state index in [9.17, 15) is 15.0 Å². The van der Waals surface area contributed by atoms with Crippen molar-refractivity contribution in [3.05, 3.63) is 36.4 Å². The number of phenolic OH excluding ortho intramolecular Hbond substituents is 1. The van der Waals surface area contributed by atoms with Gasteiger partial charge in [0, 0.05) is 16.0 Å². The molecule has 5 heteroatoms. The van der Waals surface area contributed by atoms with Crippen LogP contribution < -0.4 is 0 Å². The van der Waals surface area contributed by atoms with Crippen molar-refractivity contribution in [3.8, 4) is 5.75 Å². The topological polar surface area (TPSA) is 77.8 Å². The maximum Gasteiger partial charge on any atom is 0.306 e. The molecular weight excluding hydrogens is 264 g/mol. The fourth-order valence-corrected chi connectivity index (χ4v) is 2.82. The van der Waals surface area contributed by atoms with E-state index in [0.29, 0.717) is 5.75 Å². The van der Waals surface area contributed by atoms with Crippen molar-refractivity contribution in [2.45, 2.75) is 17.4 Å². The molecule has 0 aliphatic rings. The number of rotatable bonds is 5. The van der Waals surface area contributed by atoms with Crippen molar-refractivity contribution in [1.82, 2.24) is 0 Å². The monoisotopic (exact) mass is 278 g/mol. The molecule has 2 aromatic carbocycles. The summed E-state index contributed by atoms with van der Waals surface area (Å²) in [5.74, 6) is -0.490. The van der Waals surface area contributed by atoms with E-state index in [1.54, 1.807) is 12.1 Å². The van der Waals surface area contributed by atoms with Crippen molar-refractivity contribution >= 4 is 28.5 Å². The van der Waals surface area contributed by atoms with Gasteiger partial charge in [-0.25, -0.2) is 0 Å². The second-order valence-electron chi connectivity index (χ2n) is 4.19. The van der Waals surface area contributed by atoms with Gasteiger partial charge < -0.3 is 15.3 Å². The van der Waals surface area contributed by atoms with Gasteiger partial charge in [0.2, 0.25) is 0 Å². The lowest BCUT2D eigenvalue weighted by Gasteiger charge is -2.10. The first-order valence-corrected chi connectivity index (χ1v) is 6.80. The third kappa shape index (κ3) is 3.39. The van der Waals surface area contributed by atoms with E-state index in [2.05, 4.69) is 0 Å². The van der Waals surface area contributed by atoms with Crippen molar-refractivity contribution < 1.29 is 20.1 Å². The quantitative estimate of drug-likeness (QED) is 0.732. The molecule has 0 bridgehead atoms. The fraction of sp³-hybridized carbons (Fsp3) is 0.214. The lowest BCUT2D eigenvalue weighted by molar-refractivity contribution is -0.138. The van der Waals surface area contributed by atoms with Gasteiger partial charge in [-0.2, -0.15) is 0 Å². The third-order valence-electron chi connectivity index (χ3n) is 2.70. The van der Waals surface area contributed by atoms with Gasteiger partial charge in [-0.3, -0.25) is 4.79 Å². The summed E-state index contributed by atoms with van der Waals surface area (Å²) in [7, 11) is 0. The summed E-state index contributed by atoms with van der Waals surface area (Å²) >= 11 is 1.38. The lowest BCUT2D eigenvalue weighted by Crippen LogP contribution is -2.15. The number of carboxylic acids is 1. The van der Waals surface area contributed by atoms with E-state index in [0.717, 1.165) is 15.7 Å². The van der Waals surface area contributed by atoms with E-state index < -0.39 is 12.1 Å². The molecule has 2 aromatic rings. The molecule has 3 N–H and O–H groups in total. The van der Waals surface area contributed by atoms with Crippen LogP contribution in [0.25, 0.3) is 10.8 Å². The molecule has 1 atom stereocenters. The Hall–Kier alpha value is -1.72. The second-order valence-corrected chi connectivity index (χ2v) is 5.25. The Morgan fingerprint density at radius 1 is 1.16 bits per heavy atom. The Kier molecular flexibility index (Phi) is 4.29. The predicted molar refractivity (Wildman–Crippen MR) is 74.6 cm³/mol. The van der Waals surface area contributed by atoms with Crippen LogP contribution in [-0.2, 0) is 4.79 Å². The van der Waals surface area contributed by atoms with Gasteiger partial charge in [0.05, 0.1) is 12.5 Å². The Balaban J connectivity index is 2.17. The number of aliphatic hydroxyl groups is 1. The third-order valence-corrected chi connectivity index (χ3v) is 3.92. The smallest absolute Gasteiger partial charge is 0.306 e. The Labute approximate surface area is 114 Å². The van der Waals surface area contributed by atoms with Gasteiger partial charge in [0.25, 0.3) is 0 Å². The molecule has 4 nitrogen and oxygen atoms in total. The molecule has 19 heavy (non-hydrogen) atoms. The molecule has 0 saturated heterocycles. The van der Waals surface area contributed by atoms with Gasteiger partial charge in [-0.05, 0) is 17.5 Å². The van der Waals surface area contributed by atoms with Crippen LogP contribution in [0.3, 0.4) is 0 Å². The molecule has 0 fully saturated rings. The molecule has 0 aliphatic heterocycles. The van der Waals surface area contributed by atoms with Crippen LogP contribution in [0.5, 0.6) is 5.75 Å². The first-order valence-electron chi connectivity index (χ1n) is 5.81. The minimum Gasteiger partial charge on any atom is -0.507 e. The Morgan fingerprint density at radius 2 is 1.84 bits per heavy atom. The Bertz CT molecular complexity index is 597. The average Bonchev–Trinajstić information content (AvgIpc) is 2.37. The summed E-state index contributed by atoms with van der Waals surface area (Å²) in [6.07, 6.45) is -1.14. The summed E-state index contributed by atoms with van der Waals surface area (Å²) in [6.45, 7) is 0. The van der Waals surface area contributed by atoms with Crippen LogP contribution in [0, 0.1) is 0 Å². The van der Waals surface area contributed by atoms with Gasteiger partial charge in [-0.1, -0.05) is 24.3 Å². The summed E-state index contributed by atoms with van der Waals surface area (Å²) < 4.78 is 0. The standard InChI is InChI=1S/C14H14O4S/c15-9(7-14(17)18)8-19-13-6-5-12(16)10-3-1-2-4-11(10)13/h1-6,9,15-16H,7-8H2,(H,17,18). The number of aromatic hydroxyl groups is 1. The normalized spacial score (nSPS) is 12.5. The maximum atomic E-state index is 10.5. The van der Waals surface area contributed by atoms with Crippen LogP contribution >= 0.6 is 11.8 Å². The van der Waals surface area contributed by atoms with Crippen LogP contribution in [0.15, 0.2) is 41.3 Å². The molecule has 0 spiro atoms. The summed E-state index contributed by atoms with van der Waals surface area (Å²) in [4.78, 5) is 11.4. The fourth-order valence-electron chi connectivity index (χ4n) is 1.83. The highest BCUT2D eigenvalue weighted by Gasteiger charge is 2.11. The molecule has 0 amide bonds. The summed E-state index contributed by atoms with van der Waals surface area (Å²) in [5, 5.41) is 29.5. The van der Waals surface area contributed by atoms with Crippen LogP contribution in [-0.4, -0.2) is 33.1 Å². The number of phenols is 1. The number of aliphatic hydroxyl groups excluding tert-OH is 1. The van der Waals surface area contributed by atoms with Crippen LogP contribution in [0.1, 0.15) is 6.42 Å². The van der Waals surface area contributed by atoms with E-state index in [-0.39, 0.29) is 12.2 Å². The molecule has 0 radical (unpaired) electrons. The first-order chi connectivity index (χ1) is 9.08. The molecule has 2 rings (SSSR count). The summed E-state index contributed by atoms with van der Waals surface area (Å²) in [5.41, 5.74) is 0. The zero-order chi connectivity index (χ0) is 13.8. The summed E-state index contributed by atoms with van der Waals surface area (Å²) in [6, 6.07) is 10.8. The van der Waals surface area contributed by atoms with Gasteiger partial charge >= 0.3 is 5.97 Å². The number of carboxylic acid groups (broad SMARTS) is 1. The first kappa shape index (κ1) is 13.7. The highest BCUT2D eigenvalue weighted by Crippen LogP contribution is 2.33. The van der Waals surface area contributed by atoms with Crippen LogP contribution in [0.2, 0.25) is 0 Å². The molecule has 1 unspecified atom stereocenters. The molecule has 0 aromatic heterocycles. The minimum absolute atomic E-state index is 0.214. The average molecular weight is 278 g/mol. The second kappa shape index (κ2) is 5.95. The zero-order valence-corrected chi connectivity index (χ0v) is 10.9. The number of aliphatic carboxylic acids is 1. The van der Waals surface area contributed by atoms with Crippen LogP contribution in [0.4, 0.5) is 0 Å². The number of benzene rings is 2. The van der Waals surface area contributed by atoms with Crippen molar-refractivity contribution in [2.24, 2.45) is 0 Å². The molecular formula is C14H14O4S. The Morgan fingerprint density at radius 3 is 2.53 bits per heavy atom. The van der Waals surface area contributed by atoms with Crippen molar-refractivity contribution in [3.63, 3.8) is 0 Å². The van der Waals surface area contributed by atoms with Crippen molar-refractivity contribution in [2.75, 3.05) is 5.75 Å². The van der Waals surface area contributed by atoms with Gasteiger partial charge in [0.15, 0.2) is 0 Å². The highest BCUT2D eigenvalue weighted by molar-refractivity contribution is 7.99. The number of hydrogen-bond donors (Lipinski definition) is 3. The molecule has 0 saturated carbocycles. The predicted octanol–water partition coefficient (Wildman–Crippen LogP) is 2.47. The van der Waals surface area contributed by atoms with Gasteiger partial charge in [-0.15, -0.1) is 11.8 Å². The van der Waals surface area contributed by atoms with Crippen molar-refractivity contribution in [1.29, 1.82) is 0 Å². The minimum atomic E-state index is -1.01. The SMILES string of the molecule is O=C(O)CC(O)CSc1ccc(O)c2ccccc12. The molecule has 0 aliphatic carbocycles. The van der Waals surface area contributed by atoms with E-state index in [1.807, 2.05) is 24.3 Å². The lowest BCUT2D eigenvalue weighted by atomic mass is 10.1. The number of fused-ring (bicyclic) bond motifs is 1. The molecule has 100 valence electrons. The molecule has 0 heterocycles. The van der Waals surface area contributed by atoms with E-state index >= 15 is 0 Å². The largest absolute Gasteiger partial charge is 0.507 e. The van der Waals surface area contributed by atoms with E-state index in [1.165, 1.54) is 11.8 Å². The zero-order valence-electron chi connectivity index (χ0n) is 10.1. The maximum absolute atomic E-state index is 10.5. The number of hydrogen-bond acceptors (Lipinski definition) is 4. The van der Waals surface area contributed by atoms with E-state index in [4.69, 9.17) is 5.11 Å². The highest BCUT2D eigenvalue weighted by atomic mass is 32.2. The number of carbonyl (C=O) groups is 1. The number of thioether (sulfide) groups is 1. The van der Waals surface area contributed by atoms with Gasteiger partial charge in [0.1, 0.15) is 5.75 Å².